The lowest BCUT2D eigenvalue weighted by Gasteiger charge is -2.22. The van der Waals surface area contributed by atoms with E-state index >= 15 is 0 Å². The molecule has 0 aromatic carbocycles. The second-order valence-electron chi connectivity index (χ2n) is 24.6. The summed E-state index contributed by atoms with van der Waals surface area (Å²) in [7, 11) is 0. The fourth-order valence-electron chi connectivity index (χ4n) is 11.4. The fraction of sp³-hybridized carbons (Fsp3) is 0.944. The molecule has 0 aliphatic heterocycles. The number of carbonyl (C=O) groups is 2. The molecule has 6 heteroatoms. The molecule has 0 heterocycles. The van der Waals surface area contributed by atoms with Crippen LogP contribution in [0.4, 0.5) is 0 Å². The summed E-state index contributed by atoms with van der Waals surface area (Å²) in [6.07, 6.45) is 82.6. The average Bonchev–Trinajstić information content (AvgIpc) is 3.43. The molecule has 77 heavy (non-hydrogen) atoms. The van der Waals surface area contributed by atoms with E-state index in [2.05, 4.69) is 31.3 Å². The Hall–Kier alpha value is -1.40. The Bertz CT molecular complexity index is 1160. The third-order valence-corrected chi connectivity index (χ3v) is 16.8. The number of rotatable bonds is 67. The Morgan fingerprint density at radius 1 is 0.351 bits per heavy atom. The van der Waals surface area contributed by atoms with E-state index in [1.165, 1.54) is 327 Å². The van der Waals surface area contributed by atoms with Gasteiger partial charge in [-0.05, 0) is 51.4 Å². The summed E-state index contributed by atoms with van der Waals surface area (Å²) in [5.41, 5.74) is 0. The van der Waals surface area contributed by atoms with E-state index in [1.54, 1.807) is 0 Å². The maximum atomic E-state index is 12.5. The Balaban J connectivity index is 3.35. The molecule has 0 fully saturated rings. The number of nitrogens with one attached hydrogen (secondary N) is 1. The number of aliphatic hydroxyl groups excluding tert-OH is 2. The van der Waals surface area contributed by atoms with Gasteiger partial charge >= 0.3 is 5.97 Å². The van der Waals surface area contributed by atoms with Crippen LogP contribution in [0.15, 0.2) is 12.2 Å². The first-order valence-corrected chi connectivity index (χ1v) is 35.4. The van der Waals surface area contributed by atoms with Gasteiger partial charge in [0.15, 0.2) is 0 Å². The van der Waals surface area contributed by atoms with Gasteiger partial charge in [-0.2, -0.15) is 0 Å². The second-order valence-corrected chi connectivity index (χ2v) is 24.6. The van der Waals surface area contributed by atoms with E-state index in [9.17, 15) is 19.8 Å². The van der Waals surface area contributed by atoms with Gasteiger partial charge in [0.25, 0.3) is 0 Å². The van der Waals surface area contributed by atoms with Crippen molar-refractivity contribution in [1.82, 2.24) is 5.32 Å². The molecule has 0 aromatic heterocycles. The summed E-state index contributed by atoms with van der Waals surface area (Å²) in [6, 6.07) is -0.540. The summed E-state index contributed by atoms with van der Waals surface area (Å²) in [6.45, 7) is 4.98. The Morgan fingerprint density at radius 2 is 0.610 bits per heavy atom. The predicted octanol–water partition coefficient (Wildman–Crippen LogP) is 22.8. The highest BCUT2D eigenvalue weighted by molar-refractivity contribution is 5.76. The summed E-state index contributed by atoms with van der Waals surface area (Å²) >= 11 is 0. The van der Waals surface area contributed by atoms with Crippen molar-refractivity contribution >= 4 is 11.9 Å². The number of ether oxygens (including phenoxy) is 1. The Labute approximate surface area is 482 Å². The first-order valence-electron chi connectivity index (χ1n) is 35.4. The highest BCUT2D eigenvalue weighted by atomic mass is 16.5. The van der Waals surface area contributed by atoms with Crippen molar-refractivity contribution in [2.75, 3.05) is 13.2 Å². The van der Waals surface area contributed by atoms with Gasteiger partial charge in [0.2, 0.25) is 5.91 Å². The maximum Gasteiger partial charge on any atom is 0.305 e. The highest BCUT2D eigenvalue weighted by Gasteiger charge is 2.20. The van der Waals surface area contributed by atoms with E-state index in [1.807, 2.05) is 0 Å². The zero-order valence-electron chi connectivity index (χ0n) is 52.5. The minimum atomic E-state index is -0.663. The summed E-state index contributed by atoms with van der Waals surface area (Å²) < 4.78 is 5.48. The zero-order chi connectivity index (χ0) is 55.7. The van der Waals surface area contributed by atoms with Crippen molar-refractivity contribution in [3.05, 3.63) is 12.2 Å². The lowest BCUT2D eigenvalue weighted by molar-refractivity contribution is -0.143. The first-order chi connectivity index (χ1) is 38.0. The van der Waals surface area contributed by atoms with Crippen molar-refractivity contribution < 1.29 is 24.5 Å². The van der Waals surface area contributed by atoms with Crippen LogP contribution in [0.2, 0.25) is 0 Å². The number of allylic oxidation sites excluding steroid dienone is 2. The third kappa shape index (κ3) is 63.6. The fourth-order valence-corrected chi connectivity index (χ4v) is 11.4. The molecule has 2 unspecified atom stereocenters. The molecule has 6 nitrogen and oxygen atoms in total. The standard InChI is InChI=1S/C71H139NO5/c1-3-5-7-9-11-13-15-17-18-19-20-27-30-33-36-40-43-47-51-55-59-63-69(74)68(67-73)72-70(75)64-60-56-52-48-44-41-37-34-31-28-25-23-21-22-24-26-29-32-35-38-42-46-50-54-58-62-66-77-71(76)65-61-57-53-49-45-39-16-14-12-10-8-6-4-2/h14,16,68-69,73-74H,3-13,15,17-67H2,1-2H3,(H,72,75)/b16-14-. The van der Waals surface area contributed by atoms with Crippen LogP contribution in [0.1, 0.15) is 406 Å². The lowest BCUT2D eigenvalue weighted by Crippen LogP contribution is -2.45. The maximum absolute atomic E-state index is 12.5. The Morgan fingerprint density at radius 3 is 0.935 bits per heavy atom. The third-order valence-electron chi connectivity index (χ3n) is 16.8. The quantitative estimate of drug-likeness (QED) is 0.0320. The normalized spacial score (nSPS) is 12.5. The molecular formula is C71H139NO5. The predicted molar refractivity (Wildman–Crippen MR) is 338 cm³/mol. The van der Waals surface area contributed by atoms with Crippen molar-refractivity contribution in [2.45, 2.75) is 418 Å². The first kappa shape index (κ1) is 75.6. The van der Waals surface area contributed by atoms with Gasteiger partial charge in [-0.3, -0.25) is 9.59 Å². The largest absolute Gasteiger partial charge is 0.466 e. The van der Waals surface area contributed by atoms with E-state index in [-0.39, 0.29) is 18.5 Å². The number of carbonyl (C=O) groups excluding carboxylic acids is 2. The van der Waals surface area contributed by atoms with E-state index < -0.39 is 12.1 Å². The van der Waals surface area contributed by atoms with Crippen molar-refractivity contribution in [3.8, 4) is 0 Å². The van der Waals surface area contributed by atoms with Gasteiger partial charge in [0.1, 0.15) is 0 Å². The van der Waals surface area contributed by atoms with Crippen molar-refractivity contribution in [2.24, 2.45) is 0 Å². The molecular weight excluding hydrogens is 947 g/mol. The number of amides is 1. The van der Waals surface area contributed by atoms with Gasteiger partial charge in [-0.15, -0.1) is 0 Å². The molecule has 0 rings (SSSR count). The second kappa shape index (κ2) is 67.1. The van der Waals surface area contributed by atoms with Gasteiger partial charge in [0.05, 0.1) is 25.4 Å². The van der Waals surface area contributed by atoms with Crippen LogP contribution < -0.4 is 5.32 Å². The van der Waals surface area contributed by atoms with E-state index in [4.69, 9.17) is 4.74 Å². The number of aliphatic hydroxyl groups is 2. The van der Waals surface area contributed by atoms with Crippen LogP contribution in [0.25, 0.3) is 0 Å². The van der Waals surface area contributed by atoms with E-state index in [0.717, 1.165) is 44.9 Å². The zero-order valence-corrected chi connectivity index (χ0v) is 52.5. The number of hydrogen-bond acceptors (Lipinski definition) is 5. The lowest BCUT2D eigenvalue weighted by atomic mass is 10.0. The van der Waals surface area contributed by atoms with Crippen LogP contribution in [-0.2, 0) is 14.3 Å². The smallest absolute Gasteiger partial charge is 0.305 e. The van der Waals surface area contributed by atoms with Gasteiger partial charge in [-0.25, -0.2) is 0 Å². The monoisotopic (exact) mass is 1090 g/mol. The molecule has 0 aliphatic rings. The van der Waals surface area contributed by atoms with Crippen LogP contribution in [-0.4, -0.2) is 47.4 Å². The van der Waals surface area contributed by atoms with Gasteiger partial charge < -0.3 is 20.3 Å². The summed E-state index contributed by atoms with van der Waals surface area (Å²) in [4.78, 5) is 24.6. The van der Waals surface area contributed by atoms with Gasteiger partial charge in [-0.1, -0.05) is 353 Å². The van der Waals surface area contributed by atoms with Gasteiger partial charge in [0, 0.05) is 12.8 Å². The highest BCUT2D eigenvalue weighted by Crippen LogP contribution is 2.19. The molecule has 3 N–H and O–H groups in total. The SMILES string of the molecule is CCCCCC/C=C\CCCCCCCC(=O)OCCCCCCCCCCCCCCCCCCCCCCCCCCCCC(=O)NC(CO)C(O)CCCCCCCCCCCCCCCCCCCCCCC. The van der Waals surface area contributed by atoms with Crippen molar-refractivity contribution in [1.29, 1.82) is 0 Å². The van der Waals surface area contributed by atoms with Crippen LogP contribution in [0.5, 0.6) is 0 Å². The molecule has 0 aromatic rings. The average molecular weight is 1090 g/mol. The minimum Gasteiger partial charge on any atom is -0.466 e. The molecule has 1 amide bonds. The molecule has 0 spiro atoms. The molecule has 458 valence electrons. The van der Waals surface area contributed by atoms with Crippen molar-refractivity contribution in [3.63, 3.8) is 0 Å². The molecule has 0 aliphatic carbocycles. The van der Waals surface area contributed by atoms with Crippen LogP contribution in [0.3, 0.4) is 0 Å². The number of hydrogen-bond donors (Lipinski definition) is 3. The minimum absolute atomic E-state index is 0.00904. The molecule has 2 atom stereocenters. The Kier molecular flexibility index (Phi) is 65.9. The molecule has 0 bridgehead atoms. The van der Waals surface area contributed by atoms with Crippen LogP contribution >= 0.6 is 0 Å². The summed E-state index contributed by atoms with van der Waals surface area (Å²) in [5.74, 6) is -0.0188. The molecule has 0 saturated heterocycles. The number of unbranched alkanes of at least 4 members (excludes halogenated alkanes) is 54. The topological polar surface area (TPSA) is 95.9 Å². The van der Waals surface area contributed by atoms with E-state index in [0.29, 0.717) is 25.9 Å². The molecule has 0 radical (unpaired) electrons. The summed E-state index contributed by atoms with van der Waals surface area (Å²) in [5, 5.41) is 23.4. The number of esters is 1. The molecule has 0 saturated carbocycles. The van der Waals surface area contributed by atoms with Crippen LogP contribution in [0, 0.1) is 0 Å².